The number of rotatable bonds is 15. The molecule has 1 heterocycles. The van der Waals surface area contributed by atoms with Gasteiger partial charge < -0.3 is 9.84 Å². The molecule has 0 aliphatic heterocycles. The van der Waals surface area contributed by atoms with Gasteiger partial charge in [0.2, 0.25) is 0 Å². The lowest BCUT2D eigenvalue weighted by Crippen LogP contribution is -2.28. The van der Waals surface area contributed by atoms with Gasteiger partial charge in [-0.2, -0.15) is 0 Å². The number of carboxylic acids is 1. The topological polar surface area (TPSA) is 62.7 Å². The summed E-state index contributed by atoms with van der Waals surface area (Å²) in [6.07, 6.45) is 4.86. The Morgan fingerprint density at radius 2 is 1.68 bits per heavy atom. The number of hydrogen-bond donors (Lipinski definition) is 1. The zero-order chi connectivity index (χ0) is 28.3. The monoisotopic (exact) mass is 556 g/mol. The maximum Gasteiger partial charge on any atom is 0.317 e. The van der Waals surface area contributed by atoms with E-state index in [2.05, 4.69) is 57.2 Å². The van der Waals surface area contributed by atoms with Crippen LogP contribution in [0.1, 0.15) is 72.7 Å². The van der Waals surface area contributed by atoms with Gasteiger partial charge in [0.25, 0.3) is 0 Å². The molecule has 0 saturated carbocycles. The lowest BCUT2D eigenvalue weighted by Gasteiger charge is -2.19. The molecule has 3 aromatic carbocycles. The highest BCUT2D eigenvalue weighted by atomic mass is 32.1. The first-order valence-electron chi connectivity index (χ1n) is 14.2. The summed E-state index contributed by atoms with van der Waals surface area (Å²) in [5, 5.41) is 12.4. The predicted octanol–water partition coefficient (Wildman–Crippen LogP) is 8.47. The summed E-state index contributed by atoms with van der Waals surface area (Å²) in [5.41, 5.74) is 6.59. The number of benzene rings is 3. The van der Waals surface area contributed by atoms with E-state index in [0.717, 1.165) is 38.7 Å². The van der Waals surface area contributed by atoms with E-state index in [1.165, 1.54) is 31.2 Å². The van der Waals surface area contributed by atoms with Crippen molar-refractivity contribution in [2.45, 2.75) is 72.1 Å². The second kappa shape index (κ2) is 14.8. The van der Waals surface area contributed by atoms with Crippen LogP contribution in [-0.4, -0.2) is 27.5 Å². The Kier molecular flexibility index (Phi) is 10.9. The van der Waals surface area contributed by atoms with Crippen molar-refractivity contribution in [2.24, 2.45) is 0 Å². The molecule has 6 heteroatoms. The zero-order valence-electron chi connectivity index (χ0n) is 23.8. The van der Waals surface area contributed by atoms with Crippen molar-refractivity contribution < 1.29 is 14.6 Å². The van der Waals surface area contributed by atoms with Gasteiger partial charge in [0.1, 0.15) is 17.4 Å². The summed E-state index contributed by atoms with van der Waals surface area (Å²) < 4.78 is 6.33. The molecule has 0 bridgehead atoms. The molecular formula is C34H40N2O3S. The van der Waals surface area contributed by atoms with Crippen LogP contribution >= 0.6 is 11.3 Å². The van der Waals surface area contributed by atoms with Crippen LogP contribution < -0.4 is 4.74 Å². The Morgan fingerprint density at radius 3 is 2.35 bits per heavy atom. The smallest absolute Gasteiger partial charge is 0.317 e. The molecule has 0 spiro atoms. The van der Waals surface area contributed by atoms with Crippen LogP contribution in [0.2, 0.25) is 0 Å². The molecule has 0 atom stereocenters. The molecule has 1 N–H and O–H groups in total. The highest BCUT2D eigenvalue weighted by molar-refractivity contribution is 7.09. The average Bonchev–Trinajstić information content (AvgIpc) is 3.41. The van der Waals surface area contributed by atoms with Crippen LogP contribution in [0.5, 0.6) is 5.75 Å². The molecule has 4 aromatic rings. The van der Waals surface area contributed by atoms with Gasteiger partial charge in [-0.15, -0.1) is 11.3 Å². The molecule has 0 saturated heterocycles. The number of thiazole rings is 1. The van der Waals surface area contributed by atoms with Gasteiger partial charge in [-0.1, -0.05) is 92.9 Å². The summed E-state index contributed by atoms with van der Waals surface area (Å²) in [5.74, 6) is 0.584. The number of aliphatic carboxylic acids is 1. The number of carboxylic acid groups (broad SMARTS) is 1. The van der Waals surface area contributed by atoms with E-state index >= 15 is 0 Å². The Bertz CT molecular complexity index is 1350. The third-order valence-electron chi connectivity index (χ3n) is 7.05. The molecule has 4 rings (SSSR count). The summed E-state index contributed by atoms with van der Waals surface area (Å²) in [7, 11) is 0. The predicted molar refractivity (Wildman–Crippen MR) is 164 cm³/mol. The highest BCUT2D eigenvalue weighted by Crippen LogP contribution is 2.33. The number of carbonyl (C=O) groups is 1. The fourth-order valence-electron chi connectivity index (χ4n) is 5.09. The first-order valence-corrected chi connectivity index (χ1v) is 15.1. The number of aryl methyl sites for hydroxylation is 1. The number of ether oxygens (including phenoxy) is 1. The minimum atomic E-state index is -0.846. The van der Waals surface area contributed by atoms with Crippen LogP contribution in [0.3, 0.4) is 0 Å². The molecule has 210 valence electrons. The highest BCUT2D eigenvalue weighted by Gasteiger charge is 2.16. The average molecular weight is 557 g/mol. The summed E-state index contributed by atoms with van der Waals surface area (Å²) in [6, 6.07) is 25.0. The van der Waals surface area contributed by atoms with E-state index in [9.17, 15) is 9.90 Å². The minimum absolute atomic E-state index is 0.0426. The van der Waals surface area contributed by atoms with Gasteiger partial charge in [-0.05, 0) is 54.5 Å². The Labute approximate surface area is 242 Å². The third kappa shape index (κ3) is 8.51. The first kappa shape index (κ1) is 29.5. The summed E-state index contributed by atoms with van der Waals surface area (Å²) in [4.78, 5) is 18.3. The van der Waals surface area contributed by atoms with Crippen molar-refractivity contribution in [1.29, 1.82) is 0 Å². The molecule has 40 heavy (non-hydrogen) atoms. The van der Waals surface area contributed by atoms with Gasteiger partial charge in [0, 0.05) is 17.5 Å². The third-order valence-corrected chi connectivity index (χ3v) is 7.88. The normalized spacial score (nSPS) is 11.3. The van der Waals surface area contributed by atoms with Crippen LogP contribution in [0.25, 0.3) is 11.3 Å². The Hall–Kier alpha value is -3.48. The molecule has 0 unspecified atom stereocenters. The van der Waals surface area contributed by atoms with Crippen molar-refractivity contribution >= 4 is 17.3 Å². The van der Waals surface area contributed by atoms with Crippen LogP contribution in [0, 0.1) is 6.92 Å². The SMILES string of the molecule is CCCC(CCC)c1ccc(COc2ccc(C)cc2-c2csc(CN(CC(=O)O)Cc3ccccc3)n2)cc1. The summed E-state index contributed by atoms with van der Waals surface area (Å²) >= 11 is 1.55. The van der Waals surface area contributed by atoms with E-state index in [4.69, 9.17) is 9.72 Å². The standard InChI is InChI=1S/C34H40N2O3S/c1-4-9-28(10-5-2)29-16-14-27(15-17-29)23-39-32-18-13-25(3)19-30(32)31-24-40-33(35-31)21-36(22-34(37)38)20-26-11-7-6-8-12-26/h6-8,11-19,24,28H,4-5,9-10,20-23H2,1-3H3,(H,37,38). The van der Waals surface area contributed by atoms with E-state index in [-0.39, 0.29) is 6.54 Å². The largest absolute Gasteiger partial charge is 0.488 e. The van der Waals surface area contributed by atoms with Gasteiger partial charge in [0.05, 0.1) is 18.8 Å². The van der Waals surface area contributed by atoms with Crippen LogP contribution in [-0.2, 0) is 24.5 Å². The molecule has 0 aliphatic carbocycles. The quantitative estimate of drug-likeness (QED) is 0.159. The molecule has 0 aliphatic rings. The van der Waals surface area contributed by atoms with Crippen molar-refractivity contribution in [3.05, 3.63) is 105 Å². The molecule has 0 radical (unpaired) electrons. The molecular weight excluding hydrogens is 516 g/mol. The maximum absolute atomic E-state index is 11.5. The van der Waals surface area contributed by atoms with E-state index < -0.39 is 5.97 Å². The van der Waals surface area contributed by atoms with Gasteiger partial charge in [0.15, 0.2) is 0 Å². The second-order valence-corrected chi connectivity index (χ2v) is 11.4. The Balaban J connectivity index is 1.46. The maximum atomic E-state index is 11.5. The number of aromatic nitrogens is 1. The molecule has 0 amide bonds. The second-order valence-electron chi connectivity index (χ2n) is 10.5. The van der Waals surface area contributed by atoms with Crippen LogP contribution in [0.15, 0.2) is 78.2 Å². The molecule has 5 nitrogen and oxygen atoms in total. The number of hydrogen-bond acceptors (Lipinski definition) is 5. The van der Waals surface area contributed by atoms with E-state index in [0.29, 0.717) is 25.6 Å². The summed E-state index contributed by atoms with van der Waals surface area (Å²) in [6.45, 7) is 8.05. The minimum Gasteiger partial charge on any atom is -0.488 e. The fourth-order valence-corrected chi connectivity index (χ4v) is 5.93. The van der Waals surface area contributed by atoms with Crippen molar-refractivity contribution in [1.82, 2.24) is 9.88 Å². The lowest BCUT2D eigenvalue weighted by molar-refractivity contribution is -0.138. The Morgan fingerprint density at radius 1 is 0.950 bits per heavy atom. The lowest BCUT2D eigenvalue weighted by atomic mass is 9.90. The van der Waals surface area contributed by atoms with Crippen molar-refractivity contribution in [2.75, 3.05) is 6.54 Å². The van der Waals surface area contributed by atoms with Crippen molar-refractivity contribution in [3.63, 3.8) is 0 Å². The zero-order valence-corrected chi connectivity index (χ0v) is 24.6. The van der Waals surface area contributed by atoms with Crippen LogP contribution in [0.4, 0.5) is 0 Å². The van der Waals surface area contributed by atoms with Gasteiger partial charge in [-0.3, -0.25) is 9.69 Å². The van der Waals surface area contributed by atoms with Gasteiger partial charge >= 0.3 is 5.97 Å². The van der Waals surface area contributed by atoms with E-state index in [1.807, 2.05) is 46.7 Å². The van der Waals surface area contributed by atoms with E-state index in [1.54, 1.807) is 11.3 Å². The number of nitrogens with zero attached hydrogens (tertiary/aromatic N) is 2. The molecule has 1 aromatic heterocycles. The fraction of sp³-hybridized carbons (Fsp3) is 0.353. The first-order chi connectivity index (χ1) is 19.4. The van der Waals surface area contributed by atoms with Crippen molar-refractivity contribution in [3.8, 4) is 17.0 Å². The molecule has 0 fully saturated rings. The van der Waals surface area contributed by atoms with Gasteiger partial charge in [-0.25, -0.2) is 4.98 Å².